The van der Waals surface area contributed by atoms with Crippen molar-refractivity contribution in [3.05, 3.63) is 64.5 Å². The first kappa shape index (κ1) is 16.1. The maximum atomic E-state index is 12.1. The summed E-state index contributed by atoms with van der Waals surface area (Å²) in [6.45, 7) is 0. The van der Waals surface area contributed by atoms with Crippen LogP contribution in [0.4, 0.5) is 0 Å². The van der Waals surface area contributed by atoms with E-state index in [1.807, 2.05) is 18.2 Å². The van der Waals surface area contributed by atoms with Crippen LogP contribution in [0.5, 0.6) is 5.75 Å². The molecular weight excluding hydrogens is 350 g/mol. The lowest BCUT2D eigenvalue weighted by Gasteiger charge is -1.99. The number of fused-ring (bicyclic) bond motifs is 1. The molecule has 0 saturated heterocycles. The van der Waals surface area contributed by atoms with Gasteiger partial charge in [0.1, 0.15) is 5.75 Å². The summed E-state index contributed by atoms with van der Waals surface area (Å²) < 4.78 is 7.03. The fourth-order valence-electron chi connectivity index (χ4n) is 1.94. The molecule has 0 saturated carbocycles. The van der Waals surface area contributed by atoms with Gasteiger partial charge in [-0.15, -0.1) is 11.3 Å². The number of allylic oxidation sites excluding steroid dienone is 1. The van der Waals surface area contributed by atoms with Gasteiger partial charge in [-0.1, -0.05) is 23.4 Å². The van der Waals surface area contributed by atoms with E-state index in [0.717, 1.165) is 20.3 Å². The summed E-state index contributed by atoms with van der Waals surface area (Å²) in [5.41, 5.74) is 1.50. The number of benzene rings is 2. The molecular formula is C17H12ClNO2S2. The Morgan fingerprint density at radius 3 is 2.78 bits per heavy atom. The van der Waals surface area contributed by atoms with Gasteiger partial charge in [-0.2, -0.15) is 0 Å². The monoisotopic (exact) mass is 361 g/mol. The summed E-state index contributed by atoms with van der Waals surface area (Å²) in [4.78, 5) is 16.6. The van der Waals surface area contributed by atoms with Crippen LogP contribution in [-0.4, -0.2) is 17.9 Å². The minimum absolute atomic E-state index is 0.0516. The van der Waals surface area contributed by atoms with Gasteiger partial charge in [0.15, 0.2) is 10.1 Å². The first-order valence-corrected chi connectivity index (χ1v) is 8.81. The first-order valence-electron chi connectivity index (χ1n) is 6.73. The number of carbonyl (C=O) groups excluding carboxylic acids is 1. The smallest absolute Gasteiger partial charge is 0.186 e. The summed E-state index contributed by atoms with van der Waals surface area (Å²) in [6.07, 6.45) is 1.55. The van der Waals surface area contributed by atoms with Gasteiger partial charge in [0.25, 0.3) is 0 Å². The van der Waals surface area contributed by atoms with Gasteiger partial charge in [0.05, 0.1) is 17.3 Å². The van der Waals surface area contributed by atoms with Crippen molar-refractivity contribution in [3.63, 3.8) is 0 Å². The predicted octanol–water partition coefficient (Wildman–Crippen LogP) is 5.45. The van der Waals surface area contributed by atoms with Crippen LogP contribution in [0.15, 0.2) is 58.3 Å². The zero-order valence-electron chi connectivity index (χ0n) is 12.2. The van der Waals surface area contributed by atoms with Crippen molar-refractivity contribution in [2.24, 2.45) is 0 Å². The van der Waals surface area contributed by atoms with Gasteiger partial charge in [-0.3, -0.25) is 4.79 Å². The molecule has 116 valence electrons. The van der Waals surface area contributed by atoms with Gasteiger partial charge < -0.3 is 4.74 Å². The van der Waals surface area contributed by atoms with Crippen LogP contribution in [0.2, 0.25) is 5.02 Å². The van der Waals surface area contributed by atoms with Crippen LogP contribution in [0.25, 0.3) is 10.2 Å². The van der Waals surface area contributed by atoms with E-state index in [9.17, 15) is 4.79 Å². The van der Waals surface area contributed by atoms with E-state index >= 15 is 0 Å². The van der Waals surface area contributed by atoms with Crippen molar-refractivity contribution in [2.75, 3.05) is 7.11 Å². The molecule has 0 aliphatic rings. The van der Waals surface area contributed by atoms with Gasteiger partial charge >= 0.3 is 0 Å². The van der Waals surface area contributed by atoms with Gasteiger partial charge in [-0.25, -0.2) is 4.98 Å². The predicted molar refractivity (Wildman–Crippen MR) is 97.0 cm³/mol. The normalized spacial score (nSPS) is 11.2. The number of thiazole rings is 1. The second kappa shape index (κ2) is 7.17. The first-order chi connectivity index (χ1) is 11.2. The minimum atomic E-state index is -0.0516. The molecule has 0 unspecified atom stereocenters. The summed E-state index contributed by atoms with van der Waals surface area (Å²) in [5, 5.41) is 2.43. The molecule has 0 aliphatic carbocycles. The van der Waals surface area contributed by atoms with E-state index in [1.165, 1.54) is 11.8 Å². The highest BCUT2D eigenvalue weighted by atomic mass is 35.5. The maximum Gasteiger partial charge on any atom is 0.186 e. The van der Waals surface area contributed by atoms with E-state index in [-0.39, 0.29) is 5.78 Å². The van der Waals surface area contributed by atoms with Crippen molar-refractivity contribution in [1.29, 1.82) is 0 Å². The number of thioether (sulfide) groups is 1. The number of methoxy groups -OCH3 is 1. The van der Waals surface area contributed by atoms with E-state index in [1.54, 1.807) is 54.2 Å². The van der Waals surface area contributed by atoms with Crippen molar-refractivity contribution in [2.45, 2.75) is 4.34 Å². The van der Waals surface area contributed by atoms with Crippen LogP contribution in [0.1, 0.15) is 10.4 Å². The second-order valence-electron chi connectivity index (χ2n) is 4.61. The molecule has 3 nitrogen and oxygen atoms in total. The molecule has 0 amide bonds. The Labute approximate surface area is 147 Å². The maximum absolute atomic E-state index is 12.1. The highest BCUT2D eigenvalue weighted by Gasteiger charge is 2.05. The van der Waals surface area contributed by atoms with E-state index < -0.39 is 0 Å². The summed E-state index contributed by atoms with van der Waals surface area (Å²) in [7, 11) is 1.60. The molecule has 3 rings (SSSR count). The molecule has 3 aromatic rings. The molecule has 6 heteroatoms. The molecule has 0 fully saturated rings. The highest BCUT2D eigenvalue weighted by molar-refractivity contribution is 8.03. The standard InChI is InChI=1S/C17H12ClNO2S2/c1-21-13-5-2-11(3-6-13)15(20)8-9-22-17-19-14-10-12(18)4-7-16(14)23-17/h2-10H,1H3/b9-8+. The molecule has 0 atom stereocenters. The highest BCUT2D eigenvalue weighted by Crippen LogP contribution is 2.31. The molecule has 1 aromatic heterocycles. The van der Waals surface area contributed by atoms with Crippen molar-refractivity contribution < 1.29 is 9.53 Å². The Balaban J connectivity index is 1.67. The average molecular weight is 362 g/mol. The van der Waals surface area contributed by atoms with E-state index in [2.05, 4.69) is 4.98 Å². The number of halogens is 1. The topological polar surface area (TPSA) is 39.2 Å². The van der Waals surface area contributed by atoms with Gasteiger partial charge in [0, 0.05) is 10.6 Å². The van der Waals surface area contributed by atoms with Crippen LogP contribution in [0.3, 0.4) is 0 Å². The third kappa shape index (κ3) is 3.93. The molecule has 2 aromatic carbocycles. The fourth-order valence-corrected chi connectivity index (χ4v) is 3.87. The van der Waals surface area contributed by atoms with Crippen LogP contribution < -0.4 is 4.74 Å². The lowest BCUT2D eigenvalue weighted by atomic mass is 10.1. The fraction of sp³-hybridized carbons (Fsp3) is 0.0588. The molecule has 0 spiro atoms. The Hall–Kier alpha value is -1.82. The second-order valence-corrected chi connectivity index (χ2v) is 7.23. The Kier molecular flexibility index (Phi) is 5.00. The number of carbonyl (C=O) groups is 1. The number of hydrogen-bond acceptors (Lipinski definition) is 5. The Morgan fingerprint density at radius 1 is 1.26 bits per heavy atom. The lowest BCUT2D eigenvalue weighted by molar-refractivity contribution is 0.104. The number of nitrogens with zero attached hydrogens (tertiary/aromatic N) is 1. The molecule has 0 N–H and O–H groups in total. The molecule has 0 bridgehead atoms. The zero-order valence-corrected chi connectivity index (χ0v) is 14.5. The van der Waals surface area contributed by atoms with Crippen LogP contribution >= 0.6 is 34.7 Å². The van der Waals surface area contributed by atoms with Crippen LogP contribution in [-0.2, 0) is 0 Å². The number of ketones is 1. The number of ether oxygens (including phenoxy) is 1. The lowest BCUT2D eigenvalue weighted by Crippen LogP contribution is -1.93. The van der Waals surface area contributed by atoms with Crippen molar-refractivity contribution in [3.8, 4) is 5.75 Å². The van der Waals surface area contributed by atoms with E-state index in [0.29, 0.717) is 10.6 Å². The van der Waals surface area contributed by atoms with Gasteiger partial charge in [0.2, 0.25) is 0 Å². The SMILES string of the molecule is COc1ccc(C(=O)/C=C/Sc2nc3cc(Cl)ccc3s2)cc1. The zero-order chi connectivity index (χ0) is 16.2. The summed E-state index contributed by atoms with van der Waals surface area (Å²) in [6, 6.07) is 12.7. The number of hydrogen-bond donors (Lipinski definition) is 0. The molecule has 0 aliphatic heterocycles. The van der Waals surface area contributed by atoms with Gasteiger partial charge in [-0.05, 0) is 53.9 Å². The Morgan fingerprint density at radius 2 is 2.04 bits per heavy atom. The summed E-state index contributed by atoms with van der Waals surface area (Å²) in [5.74, 6) is 0.678. The minimum Gasteiger partial charge on any atom is -0.497 e. The van der Waals surface area contributed by atoms with E-state index in [4.69, 9.17) is 16.3 Å². The van der Waals surface area contributed by atoms with Crippen LogP contribution in [0, 0.1) is 0 Å². The number of aromatic nitrogens is 1. The molecule has 1 heterocycles. The third-order valence-corrected chi connectivity index (χ3v) is 5.26. The summed E-state index contributed by atoms with van der Waals surface area (Å²) >= 11 is 8.95. The number of rotatable bonds is 5. The van der Waals surface area contributed by atoms with Crippen molar-refractivity contribution in [1.82, 2.24) is 4.98 Å². The molecule has 23 heavy (non-hydrogen) atoms. The molecule has 0 radical (unpaired) electrons. The Bertz CT molecular complexity index is 872. The third-order valence-electron chi connectivity index (χ3n) is 3.09. The quantitative estimate of drug-likeness (QED) is 0.344. The average Bonchev–Trinajstić information content (AvgIpc) is 2.96. The largest absolute Gasteiger partial charge is 0.497 e. The van der Waals surface area contributed by atoms with Crippen molar-refractivity contribution >= 4 is 50.7 Å².